The molecule has 0 aromatic rings. The van der Waals surface area contributed by atoms with E-state index in [-0.39, 0.29) is 72.8 Å². The Labute approximate surface area is 122 Å². The summed E-state index contributed by atoms with van der Waals surface area (Å²) in [5, 5.41) is 3.07. The monoisotopic (exact) mass is 304 g/mol. The van der Waals surface area contributed by atoms with Gasteiger partial charge in [-0.25, -0.2) is 5.57 Å². The molecule has 1 nitrogen and oxygen atoms in total. The number of rotatable bonds is 3. The maximum absolute atomic E-state index is 3.07. The average Bonchev–Trinajstić information content (AvgIpc) is 1.83. The smallest absolute Gasteiger partial charge is 0.499 e. The fourth-order valence-corrected chi connectivity index (χ4v) is 0.344. The standard InChI is InChI=1S/C7H13N.CH3.2Y/c1-4-7(3)6-8-5-2;;;/h5,8H,6H2,1-3H3;1H3;;/q-2;-1;;+3. The minimum absolute atomic E-state index is 0. The van der Waals surface area contributed by atoms with E-state index in [4.69, 9.17) is 0 Å². The Hall–Kier alpha value is 1.91. The van der Waals surface area contributed by atoms with Gasteiger partial charge in [-0.3, -0.25) is 6.54 Å². The molecule has 3 heteroatoms. The zero-order valence-electron chi connectivity index (χ0n) is 7.94. The van der Waals surface area contributed by atoms with Crippen LogP contribution in [0.15, 0.2) is 5.57 Å². The van der Waals surface area contributed by atoms with Crippen LogP contribution in [0.2, 0.25) is 0 Å². The molecule has 0 atom stereocenters. The predicted molar refractivity (Wildman–Crippen MR) is 42.5 cm³/mol. The van der Waals surface area contributed by atoms with E-state index in [1.807, 2.05) is 20.4 Å². The molecular weight excluding hydrogens is 288 g/mol. The Bertz CT molecular complexity index is 82.2. The van der Waals surface area contributed by atoms with Crippen molar-refractivity contribution in [3.8, 4) is 0 Å². The van der Waals surface area contributed by atoms with E-state index < -0.39 is 0 Å². The Balaban J connectivity index is -0.0000000817. The van der Waals surface area contributed by atoms with Gasteiger partial charge in [-0.05, 0) is 6.54 Å². The number of hydrogen-bond donors (Lipinski definition) is 1. The number of hydrogen-bond acceptors (Lipinski definition) is 1. The van der Waals surface area contributed by atoms with Crippen LogP contribution < -0.4 is 5.32 Å². The van der Waals surface area contributed by atoms with Crippen molar-refractivity contribution in [2.24, 2.45) is 0 Å². The molecule has 0 fully saturated rings. The minimum Gasteiger partial charge on any atom is -0.499 e. The van der Waals surface area contributed by atoms with Crippen molar-refractivity contribution >= 4 is 0 Å². The fraction of sp³-hybridized carbons (Fsp3) is 0.500. The van der Waals surface area contributed by atoms with Crippen molar-refractivity contribution in [1.82, 2.24) is 5.32 Å². The van der Waals surface area contributed by atoms with Gasteiger partial charge in [0.05, 0.1) is 0 Å². The summed E-state index contributed by atoms with van der Waals surface area (Å²) < 4.78 is 0. The van der Waals surface area contributed by atoms with Gasteiger partial charge in [0.2, 0.25) is 0 Å². The molecular formula is C8H16NY2. The maximum Gasteiger partial charge on any atom is 3.00 e. The van der Waals surface area contributed by atoms with E-state index in [1.54, 1.807) is 0 Å². The molecule has 0 aromatic heterocycles. The van der Waals surface area contributed by atoms with Crippen LogP contribution in [0, 0.1) is 20.0 Å². The van der Waals surface area contributed by atoms with Gasteiger partial charge >= 0.3 is 32.7 Å². The van der Waals surface area contributed by atoms with E-state index in [0.717, 1.165) is 6.54 Å². The third kappa shape index (κ3) is 18.7. The van der Waals surface area contributed by atoms with E-state index in [9.17, 15) is 0 Å². The van der Waals surface area contributed by atoms with Crippen LogP contribution >= 0.6 is 0 Å². The molecule has 1 N–H and O–H groups in total. The van der Waals surface area contributed by atoms with Crippen LogP contribution in [0.4, 0.5) is 0 Å². The second-order valence-electron chi connectivity index (χ2n) is 1.70. The average molecular weight is 304 g/mol. The van der Waals surface area contributed by atoms with Crippen LogP contribution in [-0.2, 0) is 65.4 Å². The van der Waals surface area contributed by atoms with Crippen molar-refractivity contribution in [3.05, 3.63) is 25.6 Å². The van der Waals surface area contributed by atoms with E-state index in [0.29, 0.717) is 0 Å². The quantitative estimate of drug-likeness (QED) is 0.786. The summed E-state index contributed by atoms with van der Waals surface area (Å²) in [6, 6.07) is 0. The zero-order valence-corrected chi connectivity index (χ0v) is 13.6. The second kappa shape index (κ2) is 17.9. The molecule has 0 amide bonds. The van der Waals surface area contributed by atoms with Gasteiger partial charge in [-0.1, -0.05) is 6.92 Å². The first-order valence-corrected chi connectivity index (χ1v) is 2.82. The van der Waals surface area contributed by atoms with Crippen LogP contribution in [0.3, 0.4) is 0 Å². The van der Waals surface area contributed by atoms with Crippen LogP contribution in [0.1, 0.15) is 20.8 Å². The van der Waals surface area contributed by atoms with Gasteiger partial charge in [0.25, 0.3) is 0 Å². The second-order valence-corrected chi connectivity index (χ2v) is 1.70. The molecule has 0 saturated heterocycles. The molecule has 0 aliphatic heterocycles. The molecule has 59 valence electrons. The first kappa shape index (κ1) is 23.1. The van der Waals surface area contributed by atoms with Gasteiger partial charge in [0.1, 0.15) is 0 Å². The molecule has 0 spiro atoms. The summed E-state index contributed by atoms with van der Waals surface area (Å²) in [7, 11) is 0. The fourth-order valence-electron chi connectivity index (χ4n) is 0.344. The van der Waals surface area contributed by atoms with Crippen molar-refractivity contribution < 1.29 is 65.4 Å². The Morgan fingerprint density at radius 1 is 1.55 bits per heavy atom. The molecule has 0 saturated carbocycles. The third-order valence-electron chi connectivity index (χ3n) is 0.998. The summed E-state index contributed by atoms with van der Waals surface area (Å²) in [5.74, 6) is 0. The van der Waals surface area contributed by atoms with E-state index >= 15 is 0 Å². The van der Waals surface area contributed by atoms with Crippen molar-refractivity contribution in [2.45, 2.75) is 20.8 Å². The Kier molecular flexibility index (Phi) is 37.4. The van der Waals surface area contributed by atoms with Gasteiger partial charge in [-0.15, -0.1) is 0 Å². The molecule has 0 unspecified atom stereocenters. The first-order chi connectivity index (χ1) is 3.81. The third-order valence-corrected chi connectivity index (χ3v) is 0.998. The van der Waals surface area contributed by atoms with E-state index in [2.05, 4.69) is 18.3 Å². The van der Waals surface area contributed by atoms with Crippen LogP contribution in [0.25, 0.3) is 0 Å². The van der Waals surface area contributed by atoms with Crippen molar-refractivity contribution in [3.63, 3.8) is 0 Å². The summed E-state index contributed by atoms with van der Waals surface area (Å²) in [4.78, 5) is 0. The summed E-state index contributed by atoms with van der Waals surface area (Å²) in [6.07, 6.45) is 3.03. The summed E-state index contributed by atoms with van der Waals surface area (Å²) in [5.41, 5.74) is 1.25. The van der Waals surface area contributed by atoms with Gasteiger partial charge < -0.3 is 18.8 Å². The number of allylic oxidation sites excluding steroid dienone is 1. The Morgan fingerprint density at radius 3 is 2.27 bits per heavy atom. The molecule has 0 aliphatic rings. The molecule has 0 aromatic carbocycles. The number of nitrogens with one attached hydrogen (secondary N) is 1. The summed E-state index contributed by atoms with van der Waals surface area (Å²) in [6.45, 7) is 8.81. The predicted octanol–water partition coefficient (Wildman–Crippen LogP) is 1.97. The Morgan fingerprint density at radius 2 is 2.00 bits per heavy atom. The van der Waals surface area contributed by atoms with Crippen molar-refractivity contribution in [2.75, 3.05) is 6.54 Å². The minimum atomic E-state index is 0. The van der Waals surface area contributed by atoms with Gasteiger partial charge in [-0.2, -0.15) is 13.8 Å². The largest absolute Gasteiger partial charge is 3.00 e. The SMILES string of the molecule is C[C-]=C(C)CN[CH-]C.[CH3-].[Y+3].[Y]. The summed E-state index contributed by atoms with van der Waals surface area (Å²) >= 11 is 0. The molecule has 1 radical (unpaired) electrons. The van der Waals surface area contributed by atoms with Gasteiger partial charge in [0.15, 0.2) is 0 Å². The molecule has 11 heavy (non-hydrogen) atoms. The van der Waals surface area contributed by atoms with E-state index in [1.165, 1.54) is 5.57 Å². The maximum atomic E-state index is 3.07. The molecule has 0 heterocycles. The van der Waals surface area contributed by atoms with Crippen molar-refractivity contribution in [1.29, 1.82) is 0 Å². The van der Waals surface area contributed by atoms with Crippen LogP contribution in [0.5, 0.6) is 0 Å². The normalized spacial score (nSPS) is 8.82. The molecule has 0 aliphatic carbocycles. The van der Waals surface area contributed by atoms with Gasteiger partial charge in [0, 0.05) is 32.7 Å². The zero-order chi connectivity index (χ0) is 6.41. The molecule has 0 bridgehead atoms. The molecule has 0 rings (SSSR count). The topological polar surface area (TPSA) is 12.0 Å². The van der Waals surface area contributed by atoms with Crippen LogP contribution in [-0.4, -0.2) is 6.54 Å². The first-order valence-electron chi connectivity index (χ1n) is 2.82.